The minimum absolute atomic E-state index is 0.0810. The molecule has 3 fully saturated rings. The van der Waals surface area contributed by atoms with Crippen LogP contribution < -0.4 is 0 Å². The lowest BCUT2D eigenvalue weighted by Crippen LogP contribution is -2.62. The highest BCUT2D eigenvalue weighted by Gasteiger charge is 2.46. The molecule has 2 bridgehead atoms. The first-order valence-corrected chi connectivity index (χ1v) is 5.42. The highest BCUT2D eigenvalue weighted by atomic mass is 16.3. The molecular formula is C11H21NO. The van der Waals surface area contributed by atoms with Gasteiger partial charge in [0, 0.05) is 6.04 Å². The van der Waals surface area contributed by atoms with E-state index < -0.39 is 0 Å². The Morgan fingerprint density at radius 3 is 2.00 bits per heavy atom. The van der Waals surface area contributed by atoms with E-state index >= 15 is 0 Å². The molecule has 0 spiro atoms. The van der Waals surface area contributed by atoms with E-state index in [-0.39, 0.29) is 11.5 Å². The number of nitrogens with zero attached hydrogens (tertiary/aromatic N) is 1. The Morgan fingerprint density at radius 1 is 1.15 bits per heavy atom. The molecule has 2 nitrogen and oxygen atoms in total. The molecule has 0 radical (unpaired) electrons. The first-order chi connectivity index (χ1) is 6.00. The van der Waals surface area contributed by atoms with Gasteiger partial charge in [0.15, 0.2) is 0 Å². The fraction of sp³-hybridized carbons (Fsp3) is 1.00. The molecule has 76 valence electrons. The van der Waals surface area contributed by atoms with Crippen LogP contribution in [0, 0.1) is 11.3 Å². The van der Waals surface area contributed by atoms with Gasteiger partial charge in [-0.2, -0.15) is 0 Å². The van der Waals surface area contributed by atoms with Crippen LogP contribution in [0.25, 0.3) is 0 Å². The molecule has 0 aliphatic carbocycles. The standard InChI is InChI=1S/C11H21NO/c1-11(2,3)10-9(13)8-4-6-12(10)7-5-8/h8-10,13H,4-7H2,1-3H3. The molecule has 2 heteroatoms. The summed E-state index contributed by atoms with van der Waals surface area (Å²) >= 11 is 0. The maximum atomic E-state index is 10.2. The molecule has 0 aromatic carbocycles. The first kappa shape index (κ1) is 9.47. The molecule has 3 aliphatic heterocycles. The lowest BCUT2D eigenvalue weighted by atomic mass is 9.71. The Bertz CT molecular complexity index is 187. The van der Waals surface area contributed by atoms with E-state index in [1.165, 1.54) is 25.9 Å². The van der Waals surface area contributed by atoms with Crippen molar-refractivity contribution in [2.75, 3.05) is 13.1 Å². The minimum atomic E-state index is -0.0810. The molecular weight excluding hydrogens is 162 g/mol. The summed E-state index contributed by atoms with van der Waals surface area (Å²) in [4.78, 5) is 2.48. The van der Waals surface area contributed by atoms with Crippen LogP contribution in [0.5, 0.6) is 0 Å². The van der Waals surface area contributed by atoms with Gasteiger partial charge in [0.05, 0.1) is 6.10 Å². The second-order valence-electron chi connectivity index (χ2n) is 5.67. The predicted molar refractivity (Wildman–Crippen MR) is 53.5 cm³/mol. The Hall–Kier alpha value is -0.0800. The van der Waals surface area contributed by atoms with Crippen LogP contribution >= 0.6 is 0 Å². The van der Waals surface area contributed by atoms with Crippen molar-refractivity contribution in [2.24, 2.45) is 11.3 Å². The van der Waals surface area contributed by atoms with Gasteiger partial charge in [-0.05, 0) is 37.3 Å². The van der Waals surface area contributed by atoms with Gasteiger partial charge < -0.3 is 5.11 Å². The monoisotopic (exact) mass is 183 g/mol. The molecule has 13 heavy (non-hydrogen) atoms. The lowest BCUT2D eigenvalue weighted by molar-refractivity contribution is -0.109. The molecule has 3 rings (SSSR count). The zero-order chi connectivity index (χ0) is 9.64. The fourth-order valence-corrected chi connectivity index (χ4v) is 3.07. The van der Waals surface area contributed by atoms with Crippen LogP contribution in [0.1, 0.15) is 33.6 Å². The number of piperidine rings is 3. The average molecular weight is 183 g/mol. The van der Waals surface area contributed by atoms with Gasteiger partial charge in [-0.3, -0.25) is 4.90 Å². The summed E-state index contributed by atoms with van der Waals surface area (Å²) in [6.45, 7) is 9.11. The predicted octanol–water partition coefficient (Wildman–Crippen LogP) is 1.49. The van der Waals surface area contributed by atoms with E-state index in [9.17, 15) is 5.11 Å². The number of aliphatic hydroxyl groups excluding tert-OH is 1. The van der Waals surface area contributed by atoms with Crippen LogP contribution in [0.4, 0.5) is 0 Å². The quantitative estimate of drug-likeness (QED) is 0.615. The number of fused-ring (bicyclic) bond motifs is 3. The SMILES string of the molecule is CC(C)(C)C1C(O)C2CCN1CC2. The van der Waals surface area contributed by atoms with Crippen LogP contribution in [0.15, 0.2) is 0 Å². The average Bonchev–Trinajstić information content (AvgIpc) is 2.03. The zero-order valence-corrected chi connectivity index (χ0v) is 8.95. The maximum absolute atomic E-state index is 10.2. The summed E-state index contributed by atoms with van der Waals surface area (Å²) in [5.41, 5.74) is 0.221. The highest BCUT2D eigenvalue weighted by Crippen LogP contribution is 2.39. The zero-order valence-electron chi connectivity index (χ0n) is 8.95. The Labute approximate surface area is 80.9 Å². The van der Waals surface area contributed by atoms with Crippen molar-refractivity contribution in [3.63, 3.8) is 0 Å². The summed E-state index contributed by atoms with van der Waals surface area (Å²) in [6.07, 6.45) is 2.32. The van der Waals surface area contributed by atoms with Crippen molar-refractivity contribution in [2.45, 2.75) is 45.8 Å². The third kappa shape index (κ3) is 1.50. The van der Waals surface area contributed by atoms with E-state index in [0.717, 1.165) is 0 Å². The van der Waals surface area contributed by atoms with E-state index in [1.807, 2.05) is 0 Å². The second-order valence-corrected chi connectivity index (χ2v) is 5.67. The van der Waals surface area contributed by atoms with Crippen molar-refractivity contribution in [1.29, 1.82) is 0 Å². The number of aliphatic hydroxyl groups is 1. The molecule has 0 amide bonds. The summed E-state index contributed by atoms with van der Waals surface area (Å²) in [6, 6.07) is 0.389. The third-order valence-electron chi connectivity index (χ3n) is 3.66. The lowest BCUT2D eigenvalue weighted by Gasteiger charge is -2.53. The van der Waals surface area contributed by atoms with E-state index in [4.69, 9.17) is 0 Å². The molecule has 2 unspecified atom stereocenters. The molecule has 3 aliphatic rings. The Kier molecular flexibility index (Phi) is 2.16. The van der Waals surface area contributed by atoms with Gasteiger partial charge in [-0.15, -0.1) is 0 Å². The van der Waals surface area contributed by atoms with Gasteiger partial charge in [0.1, 0.15) is 0 Å². The fourth-order valence-electron chi connectivity index (χ4n) is 3.07. The topological polar surface area (TPSA) is 23.5 Å². The van der Waals surface area contributed by atoms with Crippen LogP contribution in [-0.4, -0.2) is 35.2 Å². The van der Waals surface area contributed by atoms with E-state index in [1.54, 1.807) is 0 Å². The van der Waals surface area contributed by atoms with Crippen LogP contribution in [-0.2, 0) is 0 Å². The molecule has 3 heterocycles. The summed E-state index contributed by atoms with van der Waals surface area (Å²) in [7, 11) is 0. The molecule has 0 aromatic rings. The highest BCUT2D eigenvalue weighted by molar-refractivity contribution is 4.99. The minimum Gasteiger partial charge on any atom is -0.391 e. The van der Waals surface area contributed by atoms with Crippen molar-refractivity contribution in [3.05, 3.63) is 0 Å². The van der Waals surface area contributed by atoms with Crippen molar-refractivity contribution in [3.8, 4) is 0 Å². The van der Waals surface area contributed by atoms with E-state index in [0.29, 0.717) is 12.0 Å². The number of hydrogen-bond acceptors (Lipinski definition) is 2. The van der Waals surface area contributed by atoms with Crippen molar-refractivity contribution < 1.29 is 5.11 Å². The van der Waals surface area contributed by atoms with E-state index in [2.05, 4.69) is 25.7 Å². The number of hydrogen-bond donors (Lipinski definition) is 1. The largest absolute Gasteiger partial charge is 0.391 e. The first-order valence-electron chi connectivity index (χ1n) is 5.42. The molecule has 2 atom stereocenters. The third-order valence-corrected chi connectivity index (χ3v) is 3.66. The van der Waals surface area contributed by atoms with Crippen LogP contribution in [0.3, 0.4) is 0 Å². The van der Waals surface area contributed by atoms with Gasteiger partial charge in [0.25, 0.3) is 0 Å². The maximum Gasteiger partial charge on any atom is 0.0729 e. The Balaban J connectivity index is 2.19. The molecule has 3 saturated heterocycles. The summed E-state index contributed by atoms with van der Waals surface area (Å²) in [5.74, 6) is 0.578. The van der Waals surface area contributed by atoms with Crippen molar-refractivity contribution >= 4 is 0 Å². The van der Waals surface area contributed by atoms with Gasteiger partial charge in [-0.25, -0.2) is 0 Å². The normalized spacial score (nSPS) is 45.2. The Morgan fingerprint density at radius 2 is 1.69 bits per heavy atom. The number of rotatable bonds is 0. The van der Waals surface area contributed by atoms with Gasteiger partial charge in [0.2, 0.25) is 0 Å². The second kappa shape index (κ2) is 2.96. The molecule has 0 saturated carbocycles. The molecule has 1 N–H and O–H groups in total. The van der Waals surface area contributed by atoms with Gasteiger partial charge in [-0.1, -0.05) is 20.8 Å². The van der Waals surface area contributed by atoms with Crippen LogP contribution in [0.2, 0.25) is 0 Å². The summed E-state index contributed by atoms with van der Waals surface area (Å²) in [5, 5.41) is 10.2. The van der Waals surface area contributed by atoms with Gasteiger partial charge >= 0.3 is 0 Å². The summed E-state index contributed by atoms with van der Waals surface area (Å²) < 4.78 is 0. The smallest absolute Gasteiger partial charge is 0.0729 e. The van der Waals surface area contributed by atoms with Crippen molar-refractivity contribution in [1.82, 2.24) is 4.90 Å². The molecule has 0 aromatic heterocycles.